The molecule has 0 aromatic heterocycles. The number of ether oxygens (including phenoxy) is 2. The van der Waals surface area contributed by atoms with Crippen LogP contribution < -0.4 is 15.1 Å². The lowest BCUT2D eigenvalue weighted by atomic mass is 10.2. The Morgan fingerprint density at radius 2 is 2.00 bits per heavy atom. The number of hydrogen-bond acceptors (Lipinski definition) is 5. The zero-order valence-corrected chi connectivity index (χ0v) is 16.1. The second-order valence-corrected chi connectivity index (χ2v) is 6.76. The Labute approximate surface area is 165 Å². The number of anilines is 1. The van der Waals surface area contributed by atoms with Gasteiger partial charge in [-0.2, -0.15) is 5.10 Å². The molecule has 0 atom stereocenters. The van der Waals surface area contributed by atoms with E-state index in [1.165, 1.54) is 12.3 Å². The number of amides is 1. The van der Waals surface area contributed by atoms with Crippen molar-refractivity contribution in [3.8, 4) is 5.75 Å². The third kappa shape index (κ3) is 5.77. The summed E-state index contributed by atoms with van der Waals surface area (Å²) in [7, 11) is 0. The van der Waals surface area contributed by atoms with Gasteiger partial charge in [0.1, 0.15) is 11.6 Å². The SMILES string of the molecule is O=C(COc1ccc(Br)cc1)N/N=C\c1ccc(N2CCOCC2)c(F)c1. The van der Waals surface area contributed by atoms with Gasteiger partial charge in [0.05, 0.1) is 25.1 Å². The maximum absolute atomic E-state index is 14.3. The molecule has 0 bridgehead atoms. The van der Waals surface area contributed by atoms with Crippen LogP contribution in [0.2, 0.25) is 0 Å². The van der Waals surface area contributed by atoms with Crippen LogP contribution in [0.25, 0.3) is 0 Å². The molecule has 142 valence electrons. The number of hydrazone groups is 1. The lowest BCUT2D eigenvalue weighted by Crippen LogP contribution is -2.36. The highest BCUT2D eigenvalue weighted by Gasteiger charge is 2.14. The van der Waals surface area contributed by atoms with Crippen LogP contribution in [-0.2, 0) is 9.53 Å². The number of nitrogens with one attached hydrogen (secondary N) is 1. The predicted molar refractivity (Wildman–Crippen MR) is 105 cm³/mol. The Morgan fingerprint density at radius 3 is 2.70 bits per heavy atom. The molecular weight excluding hydrogens is 417 g/mol. The smallest absolute Gasteiger partial charge is 0.277 e. The van der Waals surface area contributed by atoms with Crippen LogP contribution in [-0.4, -0.2) is 45.0 Å². The molecule has 8 heteroatoms. The van der Waals surface area contributed by atoms with Gasteiger partial charge >= 0.3 is 0 Å². The number of carbonyl (C=O) groups excluding carboxylic acids is 1. The van der Waals surface area contributed by atoms with Crippen molar-refractivity contribution in [3.05, 3.63) is 58.3 Å². The molecule has 6 nitrogen and oxygen atoms in total. The van der Waals surface area contributed by atoms with E-state index < -0.39 is 5.91 Å². The Balaban J connectivity index is 1.49. The Kier molecular flexibility index (Phi) is 6.78. The quantitative estimate of drug-likeness (QED) is 0.559. The van der Waals surface area contributed by atoms with E-state index >= 15 is 0 Å². The van der Waals surface area contributed by atoms with E-state index in [1.807, 2.05) is 17.0 Å². The summed E-state index contributed by atoms with van der Waals surface area (Å²) in [5.41, 5.74) is 3.46. The molecule has 1 saturated heterocycles. The predicted octanol–water partition coefficient (Wildman–Crippen LogP) is 2.95. The Hall–Kier alpha value is -2.45. The Bertz CT molecular complexity index is 808. The number of carbonyl (C=O) groups is 1. The van der Waals surface area contributed by atoms with E-state index in [2.05, 4.69) is 26.5 Å². The van der Waals surface area contributed by atoms with E-state index in [0.717, 1.165) is 4.47 Å². The molecule has 0 radical (unpaired) electrons. The molecule has 1 N–H and O–H groups in total. The van der Waals surface area contributed by atoms with Gasteiger partial charge in [0.2, 0.25) is 0 Å². The van der Waals surface area contributed by atoms with E-state index in [-0.39, 0.29) is 12.4 Å². The average Bonchev–Trinajstić information content (AvgIpc) is 2.68. The van der Waals surface area contributed by atoms with Crippen LogP contribution in [0.5, 0.6) is 5.75 Å². The van der Waals surface area contributed by atoms with Gasteiger partial charge in [-0.15, -0.1) is 0 Å². The van der Waals surface area contributed by atoms with Crippen LogP contribution >= 0.6 is 15.9 Å². The fourth-order valence-corrected chi connectivity index (χ4v) is 2.82. The fourth-order valence-electron chi connectivity index (χ4n) is 2.55. The third-order valence-corrected chi connectivity index (χ3v) is 4.44. The highest BCUT2D eigenvalue weighted by Crippen LogP contribution is 2.21. The molecule has 0 saturated carbocycles. The summed E-state index contributed by atoms with van der Waals surface area (Å²) >= 11 is 3.32. The lowest BCUT2D eigenvalue weighted by Gasteiger charge is -2.29. The minimum atomic E-state index is -0.403. The first kappa shape index (κ1) is 19.3. The highest BCUT2D eigenvalue weighted by atomic mass is 79.9. The topological polar surface area (TPSA) is 63.2 Å². The highest BCUT2D eigenvalue weighted by molar-refractivity contribution is 9.10. The second-order valence-electron chi connectivity index (χ2n) is 5.85. The first-order valence-electron chi connectivity index (χ1n) is 8.44. The number of hydrogen-bond donors (Lipinski definition) is 1. The minimum Gasteiger partial charge on any atom is -0.484 e. The molecular formula is C19H19BrFN3O3. The molecule has 3 rings (SSSR count). The Morgan fingerprint density at radius 1 is 1.26 bits per heavy atom. The summed E-state index contributed by atoms with van der Waals surface area (Å²) in [6, 6.07) is 12.0. The van der Waals surface area contributed by atoms with Gasteiger partial charge in [-0.3, -0.25) is 4.79 Å². The molecule has 0 aliphatic carbocycles. The number of morpholine rings is 1. The summed E-state index contributed by atoms with van der Waals surface area (Å²) in [4.78, 5) is 13.7. The van der Waals surface area contributed by atoms with Crippen LogP contribution in [0.15, 0.2) is 52.0 Å². The van der Waals surface area contributed by atoms with Crippen molar-refractivity contribution in [2.24, 2.45) is 5.10 Å². The van der Waals surface area contributed by atoms with Crippen molar-refractivity contribution in [1.29, 1.82) is 0 Å². The summed E-state index contributed by atoms with van der Waals surface area (Å²) in [5, 5.41) is 3.84. The average molecular weight is 436 g/mol. The van der Waals surface area contributed by atoms with E-state index in [1.54, 1.807) is 24.3 Å². The molecule has 1 fully saturated rings. The normalized spacial score (nSPS) is 14.4. The molecule has 1 heterocycles. The summed E-state index contributed by atoms with van der Waals surface area (Å²) in [6.45, 7) is 2.36. The lowest BCUT2D eigenvalue weighted by molar-refractivity contribution is -0.123. The van der Waals surface area contributed by atoms with Gasteiger partial charge in [0.15, 0.2) is 6.61 Å². The van der Waals surface area contributed by atoms with E-state index in [0.29, 0.717) is 43.3 Å². The first-order valence-corrected chi connectivity index (χ1v) is 9.23. The van der Waals surface area contributed by atoms with Crippen molar-refractivity contribution >= 4 is 33.7 Å². The van der Waals surface area contributed by atoms with Crippen LogP contribution in [0.1, 0.15) is 5.56 Å². The number of halogens is 2. The molecule has 2 aromatic carbocycles. The molecule has 27 heavy (non-hydrogen) atoms. The zero-order chi connectivity index (χ0) is 19.1. The number of nitrogens with zero attached hydrogens (tertiary/aromatic N) is 2. The van der Waals surface area contributed by atoms with Gasteiger partial charge in [-0.1, -0.05) is 22.0 Å². The molecule has 1 aliphatic rings. The van der Waals surface area contributed by atoms with Crippen molar-refractivity contribution in [2.45, 2.75) is 0 Å². The third-order valence-electron chi connectivity index (χ3n) is 3.91. The van der Waals surface area contributed by atoms with Crippen LogP contribution in [0.4, 0.5) is 10.1 Å². The van der Waals surface area contributed by atoms with Crippen LogP contribution in [0, 0.1) is 5.82 Å². The summed E-state index contributed by atoms with van der Waals surface area (Å²) < 4.78 is 25.8. The van der Waals surface area contributed by atoms with Gasteiger partial charge in [0.25, 0.3) is 5.91 Å². The van der Waals surface area contributed by atoms with Crippen LogP contribution in [0.3, 0.4) is 0 Å². The maximum atomic E-state index is 14.3. The number of rotatable bonds is 6. The monoisotopic (exact) mass is 435 g/mol. The minimum absolute atomic E-state index is 0.163. The fraction of sp³-hybridized carbons (Fsp3) is 0.263. The van der Waals surface area contributed by atoms with Gasteiger partial charge in [0, 0.05) is 17.6 Å². The molecule has 0 unspecified atom stereocenters. The van der Waals surface area contributed by atoms with Crippen molar-refractivity contribution in [3.63, 3.8) is 0 Å². The largest absolute Gasteiger partial charge is 0.484 e. The number of benzene rings is 2. The van der Waals surface area contributed by atoms with Gasteiger partial charge in [-0.05, 0) is 42.0 Å². The maximum Gasteiger partial charge on any atom is 0.277 e. The summed E-state index contributed by atoms with van der Waals surface area (Å²) in [6.07, 6.45) is 1.39. The second kappa shape index (κ2) is 9.48. The molecule has 2 aromatic rings. The van der Waals surface area contributed by atoms with E-state index in [4.69, 9.17) is 9.47 Å². The van der Waals surface area contributed by atoms with Crippen molar-refractivity contribution < 1.29 is 18.7 Å². The van der Waals surface area contributed by atoms with Gasteiger partial charge < -0.3 is 14.4 Å². The standard InChI is InChI=1S/C19H19BrFN3O3/c20-15-2-4-16(5-3-15)27-13-19(25)23-22-12-14-1-6-18(17(21)11-14)24-7-9-26-10-8-24/h1-6,11-12H,7-10,13H2,(H,23,25)/b22-12-. The summed E-state index contributed by atoms with van der Waals surface area (Å²) in [5.74, 6) is -0.150. The molecule has 1 amide bonds. The molecule has 1 aliphatic heterocycles. The molecule has 0 spiro atoms. The van der Waals surface area contributed by atoms with Gasteiger partial charge in [-0.25, -0.2) is 9.82 Å². The van der Waals surface area contributed by atoms with Crippen molar-refractivity contribution in [1.82, 2.24) is 5.43 Å². The van der Waals surface area contributed by atoms with E-state index in [9.17, 15) is 9.18 Å². The van der Waals surface area contributed by atoms with Crippen molar-refractivity contribution in [2.75, 3.05) is 37.8 Å². The zero-order valence-electron chi connectivity index (χ0n) is 14.5. The first-order chi connectivity index (χ1) is 13.1.